The number of carbonyl (C=O) groups is 1. The minimum Gasteiger partial charge on any atom is -0.507 e. The van der Waals surface area contributed by atoms with E-state index in [0.29, 0.717) is 17.1 Å². The van der Waals surface area contributed by atoms with Crippen LogP contribution in [0.25, 0.3) is 0 Å². The number of halogens is 1. The molecule has 0 saturated carbocycles. The van der Waals surface area contributed by atoms with Crippen molar-refractivity contribution in [3.63, 3.8) is 0 Å². The fraction of sp³-hybridized carbons (Fsp3) is 0.462. The average Bonchev–Trinajstić information content (AvgIpc) is 2.27. The van der Waals surface area contributed by atoms with Gasteiger partial charge < -0.3 is 10.0 Å². The van der Waals surface area contributed by atoms with Crippen LogP contribution in [0.3, 0.4) is 0 Å². The van der Waals surface area contributed by atoms with Gasteiger partial charge in [-0.25, -0.2) is 0 Å². The standard InChI is InChI=1S/C13H16ClNO2S/c1-13(2)8-15(5-6-18-13)12(17)10-4-3-9(14)7-11(10)16/h3-4,7,16H,5-6,8H2,1-2H3. The maximum Gasteiger partial charge on any atom is 0.257 e. The lowest BCUT2D eigenvalue weighted by Gasteiger charge is -2.37. The lowest BCUT2D eigenvalue weighted by atomic mass is 10.1. The second-order valence-electron chi connectivity index (χ2n) is 5.00. The Kier molecular flexibility index (Phi) is 3.78. The van der Waals surface area contributed by atoms with Gasteiger partial charge in [0.15, 0.2) is 0 Å². The molecular weight excluding hydrogens is 270 g/mol. The summed E-state index contributed by atoms with van der Waals surface area (Å²) in [5, 5.41) is 10.2. The van der Waals surface area contributed by atoms with Crippen LogP contribution < -0.4 is 0 Å². The van der Waals surface area contributed by atoms with E-state index in [1.807, 2.05) is 11.8 Å². The highest BCUT2D eigenvalue weighted by Gasteiger charge is 2.30. The summed E-state index contributed by atoms with van der Waals surface area (Å²) in [6.45, 7) is 5.66. The van der Waals surface area contributed by atoms with Crippen molar-refractivity contribution in [3.8, 4) is 5.75 Å². The summed E-state index contributed by atoms with van der Waals surface area (Å²) < 4.78 is 0.0654. The van der Waals surface area contributed by atoms with E-state index in [1.165, 1.54) is 6.07 Å². The molecule has 1 aliphatic rings. The van der Waals surface area contributed by atoms with Crippen molar-refractivity contribution in [2.75, 3.05) is 18.8 Å². The van der Waals surface area contributed by atoms with E-state index >= 15 is 0 Å². The summed E-state index contributed by atoms with van der Waals surface area (Å²) in [7, 11) is 0. The van der Waals surface area contributed by atoms with Gasteiger partial charge >= 0.3 is 0 Å². The molecule has 1 amide bonds. The monoisotopic (exact) mass is 285 g/mol. The zero-order chi connectivity index (χ0) is 13.3. The van der Waals surface area contributed by atoms with Gasteiger partial charge in [-0.05, 0) is 32.0 Å². The molecule has 2 rings (SSSR count). The maximum atomic E-state index is 12.3. The zero-order valence-electron chi connectivity index (χ0n) is 10.4. The normalized spacial score (nSPS) is 18.7. The summed E-state index contributed by atoms with van der Waals surface area (Å²) >= 11 is 7.63. The Labute approximate surface area is 116 Å². The molecule has 0 unspecified atom stereocenters. The fourth-order valence-corrected chi connectivity index (χ4v) is 3.32. The van der Waals surface area contributed by atoms with Crippen LogP contribution >= 0.6 is 23.4 Å². The molecule has 1 N–H and O–H groups in total. The van der Waals surface area contributed by atoms with E-state index in [4.69, 9.17) is 11.6 Å². The highest BCUT2D eigenvalue weighted by atomic mass is 35.5. The number of thioether (sulfide) groups is 1. The van der Waals surface area contributed by atoms with E-state index < -0.39 is 0 Å². The van der Waals surface area contributed by atoms with Gasteiger partial charge in [-0.3, -0.25) is 4.79 Å². The van der Waals surface area contributed by atoms with Gasteiger partial charge in [-0.1, -0.05) is 11.6 Å². The number of amides is 1. The predicted octanol–water partition coefficient (Wildman–Crippen LogP) is 3.01. The number of rotatable bonds is 1. The first-order valence-corrected chi connectivity index (χ1v) is 7.17. The van der Waals surface area contributed by atoms with Crippen LogP contribution in [0.5, 0.6) is 5.75 Å². The number of hydrogen-bond donors (Lipinski definition) is 1. The highest BCUT2D eigenvalue weighted by molar-refractivity contribution is 8.00. The Morgan fingerprint density at radius 2 is 2.22 bits per heavy atom. The van der Waals surface area contributed by atoms with Gasteiger partial charge in [0.05, 0.1) is 5.56 Å². The smallest absolute Gasteiger partial charge is 0.257 e. The van der Waals surface area contributed by atoms with Gasteiger partial charge in [-0.2, -0.15) is 11.8 Å². The molecule has 1 saturated heterocycles. The summed E-state index contributed by atoms with van der Waals surface area (Å²) in [6, 6.07) is 4.60. The molecule has 3 nitrogen and oxygen atoms in total. The van der Waals surface area contributed by atoms with Crippen molar-refractivity contribution in [1.82, 2.24) is 4.90 Å². The third-order valence-electron chi connectivity index (χ3n) is 2.90. The number of benzene rings is 1. The van der Waals surface area contributed by atoms with Crippen molar-refractivity contribution in [2.24, 2.45) is 0 Å². The first-order chi connectivity index (χ1) is 8.39. The van der Waals surface area contributed by atoms with Crippen LogP contribution in [0, 0.1) is 0 Å². The SMILES string of the molecule is CC1(C)CN(C(=O)c2ccc(Cl)cc2O)CCS1. The Balaban J connectivity index is 2.20. The molecule has 1 heterocycles. The minimum absolute atomic E-state index is 0.0523. The Morgan fingerprint density at radius 3 is 2.83 bits per heavy atom. The van der Waals surface area contributed by atoms with Gasteiger partial charge in [0.25, 0.3) is 5.91 Å². The van der Waals surface area contributed by atoms with E-state index in [-0.39, 0.29) is 16.4 Å². The molecule has 0 aromatic heterocycles. The van der Waals surface area contributed by atoms with Crippen molar-refractivity contribution in [1.29, 1.82) is 0 Å². The fourth-order valence-electron chi connectivity index (χ4n) is 2.05. The second kappa shape index (κ2) is 5.02. The molecule has 1 aromatic rings. The molecule has 1 aliphatic heterocycles. The molecule has 0 aliphatic carbocycles. The number of hydrogen-bond acceptors (Lipinski definition) is 3. The summed E-state index contributed by atoms with van der Waals surface area (Å²) in [5.41, 5.74) is 0.321. The Morgan fingerprint density at radius 1 is 1.50 bits per heavy atom. The molecule has 1 aromatic carbocycles. The topological polar surface area (TPSA) is 40.5 Å². The number of carbonyl (C=O) groups excluding carboxylic acids is 1. The van der Waals surface area contributed by atoms with E-state index in [1.54, 1.807) is 17.0 Å². The maximum absolute atomic E-state index is 12.3. The largest absolute Gasteiger partial charge is 0.507 e. The van der Waals surface area contributed by atoms with E-state index in [0.717, 1.165) is 12.3 Å². The van der Waals surface area contributed by atoms with Crippen LogP contribution in [-0.2, 0) is 0 Å². The van der Waals surface area contributed by atoms with Crippen LogP contribution in [0.15, 0.2) is 18.2 Å². The number of phenols is 1. The lowest BCUT2D eigenvalue weighted by molar-refractivity contribution is 0.0745. The van der Waals surface area contributed by atoms with Crippen LogP contribution in [0.4, 0.5) is 0 Å². The van der Waals surface area contributed by atoms with Gasteiger partial charge in [-0.15, -0.1) is 0 Å². The number of aromatic hydroxyl groups is 1. The van der Waals surface area contributed by atoms with Gasteiger partial charge in [0, 0.05) is 28.6 Å². The average molecular weight is 286 g/mol. The van der Waals surface area contributed by atoms with Crippen LogP contribution in [0.1, 0.15) is 24.2 Å². The van der Waals surface area contributed by atoms with Crippen LogP contribution in [-0.4, -0.2) is 39.5 Å². The first kappa shape index (κ1) is 13.6. The van der Waals surface area contributed by atoms with Crippen molar-refractivity contribution >= 4 is 29.3 Å². The highest BCUT2D eigenvalue weighted by Crippen LogP contribution is 2.31. The summed E-state index contributed by atoms with van der Waals surface area (Å²) in [4.78, 5) is 14.1. The van der Waals surface area contributed by atoms with Crippen molar-refractivity contribution in [2.45, 2.75) is 18.6 Å². The van der Waals surface area contributed by atoms with Crippen LogP contribution in [0.2, 0.25) is 5.02 Å². The third-order valence-corrected chi connectivity index (χ3v) is 4.44. The Hall–Kier alpha value is -0.870. The van der Waals surface area contributed by atoms with Gasteiger partial charge in [0.2, 0.25) is 0 Å². The predicted molar refractivity (Wildman–Crippen MR) is 75.6 cm³/mol. The molecule has 5 heteroatoms. The number of nitrogens with zero attached hydrogens (tertiary/aromatic N) is 1. The number of phenolic OH excluding ortho intramolecular Hbond substituents is 1. The lowest BCUT2D eigenvalue weighted by Crippen LogP contribution is -2.46. The Bertz CT molecular complexity index is 476. The zero-order valence-corrected chi connectivity index (χ0v) is 12.0. The summed E-state index contributed by atoms with van der Waals surface area (Å²) in [6.07, 6.45) is 0. The molecule has 0 atom stereocenters. The molecule has 1 fully saturated rings. The second-order valence-corrected chi connectivity index (χ2v) is 7.23. The van der Waals surface area contributed by atoms with Gasteiger partial charge in [0.1, 0.15) is 5.75 Å². The third kappa shape index (κ3) is 2.93. The minimum atomic E-state index is -0.127. The molecule has 0 bridgehead atoms. The molecular formula is C13H16ClNO2S. The molecule has 0 radical (unpaired) electrons. The molecule has 0 spiro atoms. The van der Waals surface area contributed by atoms with Crippen molar-refractivity contribution in [3.05, 3.63) is 28.8 Å². The van der Waals surface area contributed by atoms with Crippen molar-refractivity contribution < 1.29 is 9.90 Å². The molecule has 98 valence electrons. The quantitative estimate of drug-likeness (QED) is 0.862. The van der Waals surface area contributed by atoms with E-state index in [9.17, 15) is 9.90 Å². The molecule has 18 heavy (non-hydrogen) atoms. The first-order valence-electron chi connectivity index (χ1n) is 5.81. The van der Waals surface area contributed by atoms with E-state index in [2.05, 4.69) is 13.8 Å². The summed E-state index contributed by atoms with van der Waals surface area (Å²) in [5.74, 6) is 0.744.